The Morgan fingerprint density at radius 3 is 2.82 bits per heavy atom. The molecule has 2 aromatic rings. The van der Waals surface area contributed by atoms with Crippen LogP contribution in [-0.2, 0) is 6.42 Å². The third-order valence-electron chi connectivity index (χ3n) is 3.97. The Morgan fingerprint density at radius 2 is 2.14 bits per heavy atom. The minimum atomic E-state index is -0.0505. The van der Waals surface area contributed by atoms with Crippen LogP contribution in [0.15, 0.2) is 30.3 Å². The molecule has 0 radical (unpaired) electrons. The molecule has 0 aliphatic heterocycles. The molecule has 1 saturated carbocycles. The highest BCUT2D eigenvalue weighted by Crippen LogP contribution is 2.31. The number of carbonyl (C=O) groups is 1. The molecule has 3 rings (SSSR count). The van der Waals surface area contributed by atoms with E-state index in [1.54, 1.807) is 0 Å². The van der Waals surface area contributed by atoms with E-state index in [0.717, 1.165) is 17.1 Å². The Labute approximate surface area is 134 Å². The van der Waals surface area contributed by atoms with Gasteiger partial charge in [0.05, 0.1) is 10.7 Å². The first-order chi connectivity index (χ1) is 10.6. The van der Waals surface area contributed by atoms with Crippen LogP contribution in [0.4, 0.5) is 0 Å². The van der Waals surface area contributed by atoms with Crippen molar-refractivity contribution in [2.24, 2.45) is 11.7 Å². The molecule has 1 aromatic heterocycles. The second-order valence-electron chi connectivity index (χ2n) is 5.90. The standard InChI is InChI=1S/C17H21N3OS/c1-11-16(17(21)19-10-14(18)13-7-8-13)22-15(20-11)9-12-5-3-2-4-6-12/h2-6,13-14H,7-10,18H2,1H3,(H,19,21). The lowest BCUT2D eigenvalue weighted by Crippen LogP contribution is -2.38. The van der Waals surface area contributed by atoms with Crippen LogP contribution in [0.1, 0.15) is 38.8 Å². The number of nitrogens with two attached hydrogens (primary N) is 1. The van der Waals surface area contributed by atoms with Gasteiger partial charge in [-0.25, -0.2) is 4.98 Å². The third kappa shape index (κ3) is 3.72. The Hall–Kier alpha value is -1.72. The molecule has 0 saturated heterocycles. The lowest BCUT2D eigenvalue weighted by Gasteiger charge is -2.10. The van der Waals surface area contributed by atoms with Crippen LogP contribution in [0.5, 0.6) is 0 Å². The summed E-state index contributed by atoms with van der Waals surface area (Å²) in [5.74, 6) is 0.543. The highest BCUT2D eigenvalue weighted by Gasteiger charge is 2.28. The normalized spacial score (nSPS) is 15.5. The molecule has 0 spiro atoms. The van der Waals surface area contributed by atoms with E-state index in [9.17, 15) is 4.79 Å². The second kappa shape index (κ2) is 6.58. The topological polar surface area (TPSA) is 68.0 Å². The zero-order valence-corrected chi connectivity index (χ0v) is 13.5. The number of amides is 1. The Morgan fingerprint density at radius 1 is 1.41 bits per heavy atom. The predicted octanol–water partition coefficient (Wildman–Crippen LogP) is 2.51. The molecule has 3 N–H and O–H groups in total. The summed E-state index contributed by atoms with van der Waals surface area (Å²) < 4.78 is 0. The van der Waals surface area contributed by atoms with Crippen LogP contribution in [0.25, 0.3) is 0 Å². The number of hydrogen-bond acceptors (Lipinski definition) is 4. The van der Waals surface area contributed by atoms with Crippen molar-refractivity contribution in [2.75, 3.05) is 6.54 Å². The van der Waals surface area contributed by atoms with Crippen LogP contribution in [0.2, 0.25) is 0 Å². The number of aromatic nitrogens is 1. The van der Waals surface area contributed by atoms with Crippen LogP contribution in [0.3, 0.4) is 0 Å². The summed E-state index contributed by atoms with van der Waals surface area (Å²) in [4.78, 5) is 17.5. The van der Waals surface area contributed by atoms with Crippen LogP contribution < -0.4 is 11.1 Å². The van der Waals surface area contributed by atoms with E-state index < -0.39 is 0 Å². The maximum Gasteiger partial charge on any atom is 0.263 e. The molecule has 1 heterocycles. The fourth-order valence-electron chi connectivity index (χ4n) is 2.49. The molecule has 0 bridgehead atoms. The highest BCUT2D eigenvalue weighted by molar-refractivity contribution is 7.13. The van der Waals surface area contributed by atoms with E-state index in [2.05, 4.69) is 22.4 Å². The SMILES string of the molecule is Cc1nc(Cc2ccccc2)sc1C(=O)NCC(N)C1CC1. The van der Waals surface area contributed by atoms with Gasteiger partial charge in [0.25, 0.3) is 5.91 Å². The van der Waals surface area contributed by atoms with Gasteiger partial charge in [-0.1, -0.05) is 30.3 Å². The quantitative estimate of drug-likeness (QED) is 0.860. The summed E-state index contributed by atoms with van der Waals surface area (Å²) in [6.45, 7) is 2.44. The summed E-state index contributed by atoms with van der Waals surface area (Å²) >= 11 is 1.47. The largest absolute Gasteiger partial charge is 0.350 e. The molecule has 1 aliphatic carbocycles. The molecular formula is C17H21N3OS. The predicted molar refractivity (Wildman–Crippen MR) is 89.1 cm³/mol. The van der Waals surface area contributed by atoms with Crippen molar-refractivity contribution in [1.82, 2.24) is 10.3 Å². The minimum absolute atomic E-state index is 0.0505. The summed E-state index contributed by atoms with van der Waals surface area (Å²) in [5.41, 5.74) is 8.03. The molecule has 116 valence electrons. The Kier molecular flexibility index (Phi) is 4.55. The number of hydrogen-bond donors (Lipinski definition) is 2. The van der Waals surface area contributed by atoms with Crippen molar-refractivity contribution < 1.29 is 4.79 Å². The van der Waals surface area contributed by atoms with Gasteiger partial charge in [-0.15, -0.1) is 11.3 Å². The molecule has 22 heavy (non-hydrogen) atoms. The minimum Gasteiger partial charge on any atom is -0.350 e. The molecule has 1 aromatic carbocycles. The van der Waals surface area contributed by atoms with Gasteiger partial charge in [0.15, 0.2) is 0 Å². The molecule has 5 heteroatoms. The molecule has 1 aliphatic rings. The van der Waals surface area contributed by atoms with E-state index in [1.165, 1.54) is 29.7 Å². The lowest BCUT2D eigenvalue weighted by molar-refractivity contribution is 0.0953. The number of rotatable bonds is 6. The average molecular weight is 315 g/mol. The molecular weight excluding hydrogens is 294 g/mol. The van der Waals surface area contributed by atoms with Gasteiger partial charge in [0.2, 0.25) is 0 Å². The first-order valence-electron chi connectivity index (χ1n) is 7.67. The summed E-state index contributed by atoms with van der Waals surface area (Å²) in [6, 6.07) is 10.3. The van der Waals surface area contributed by atoms with Crippen molar-refractivity contribution in [3.05, 3.63) is 51.5 Å². The number of aryl methyl sites for hydroxylation is 1. The van der Waals surface area contributed by atoms with E-state index in [0.29, 0.717) is 17.3 Å². The maximum absolute atomic E-state index is 12.3. The van der Waals surface area contributed by atoms with Crippen LogP contribution in [-0.4, -0.2) is 23.5 Å². The van der Waals surface area contributed by atoms with E-state index >= 15 is 0 Å². The van der Waals surface area contributed by atoms with Crippen molar-refractivity contribution in [2.45, 2.75) is 32.2 Å². The van der Waals surface area contributed by atoms with Crippen LogP contribution in [0, 0.1) is 12.8 Å². The Balaban J connectivity index is 1.62. The van der Waals surface area contributed by atoms with Crippen molar-refractivity contribution in [3.8, 4) is 0 Å². The molecule has 1 atom stereocenters. The van der Waals surface area contributed by atoms with Crippen molar-refractivity contribution >= 4 is 17.2 Å². The van der Waals surface area contributed by atoms with Gasteiger partial charge in [-0.05, 0) is 31.2 Å². The molecule has 4 nitrogen and oxygen atoms in total. The summed E-state index contributed by atoms with van der Waals surface area (Å²) in [6.07, 6.45) is 3.15. The number of nitrogens with zero attached hydrogens (tertiary/aromatic N) is 1. The third-order valence-corrected chi connectivity index (χ3v) is 5.13. The number of benzene rings is 1. The van der Waals surface area contributed by atoms with E-state index in [1.807, 2.05) is 25.1 Å². The maximum atomic E-state index is 12.3. The van der Waals surface area contributed by atoms with Gasteiger partial charge < -0.3 is 11.1 Å². The lowest BCUT2D eigenvalue weighted by atomic mass is 10.2. The van der Waals surface area contributed by atoms with Gasteiger partial charge in [-0.2, -0.15) is 0 Å². The average Bonchev–Trinajstić information content (AvgIpc) is 3.30. The van der Waals surface area contributed by atoms with E-state index in [-0.39, 0.29) is 11.9 Å². The van der Waals surface area contributed by atoms with Crippen molar-refractivity contribution in [1.29, 1.82) is 0 Å². The van der Waals surface area contributed by atoms with Crippen LogP contribution >= 0.6 is 11.3 Å². The first-order valence-corrected chi connectivity index (χ1v) is 8.49. The second-order valence-corrected chi connectivity index (χ2v) is 6.98. The monoisotopic (exact) mass is 315 g/mol. The van der Waals surface area contributed by atoms with E-state index in [4.69, 9.17) is 5.73 Å². The first kappa shape index (κ1) is 15.2. The molecule has 1 amide bonds. The van der Waals surface area contributed by atoms with Gasteiger partial charge in [0.1, 0.15) is 4.88 Å². The zero-order chi connectivity index (χ0) is 15.5. The summed E-state index contributed by atoms with van der Waals surface area (Å²) in [5, 5.41) is 3.92. The van der Waals surface area contributed by atoms with Gasteiger partial charge >= 0.3 is 0 Å². The van der Waals surface area contributed by atoms with Gasteiger partial charge in [0, 0.05) is 19.0 Å². The van der Waals surface area contributed by atoms with Gasteiger partial charge in [-0.3, -0.25) is 4.79 Å². The summed E-state index contributed by atoms with van der Waals surface area (Å²) in [7, 11) is 0. The fourth-order valence-corrected chi connectivity index (χ4v) is 3.51. The molecule has 1 fully saturated rings. The number of thiazole rings is 1. The fraction of sp³-hybridized carbons (Fsp3) is 0.412. The highest BCUT2D eigenvalue weighted by atomic mass is 32.1. The number of nitrogens with one attached hydrogen (secondary N) is 1. The van der Waals surface area contributed by atoms with Crippen molar-refractivity contribution in [3.63, 3.8) is 0 Å². The Bertz CT molecular complexity index is 649. The molecule has 1 unspecified atom stereocenters. The number of carbonyl (C=O) groups excluding carboxylic acids is 1. The smallest absolute Gasteiger partial charge is 0.263 e. The zero-order valence-electron chi connectivity index (χ0n) is 12.7.